The van der Waals surface area contributed by atoms with Gasteiger partial charge < -0.3 is 15.0 Å². The monoisotopic (exact) mass is 348 g/mol. The summed E-state index contributed by atoms with van der Waals surface area (Å²) in [4.78, 5) is 25.6. The van der Waals surface area contributed by atoms with Crippen LogP contribution >= 0.6 is 11.6 Å². The fourth-order valence-electron chi connectivity index (χ4n) is 2.42. The summed E-state index contributed by atoms with van der Waals surface area (Å²) in [6.07, 6.45) is 0.0199. The molecule has 5 nitrogen and oxygen atoms in total. The minimum Gasteiger partial charge on any atom is -0.482 e. The molecule has 1 aliphatic heterocycles. The highest BCUT2D eigenvalue weighted by Gasteiger charge is 2.25. The van der Waals surface area contributed by atoms with Crippen LogP contribution in [0.1, 0.15) is 6.42 Å². The normalized spacial score (nSPS) is 13.2. The maximum atomic E-state index is 13.6. The average molecular weight is 349 g/mol. The van der Waals surface area contributed by atoms with E-state index in [0.29, 0.717) is 16.5 Å². The van der Waals surface area contributed by atoms with Crippen LogP contribution in [0.5, 0.6) is 5.75 Å². The standard InChI is InChI=1S/C17H14ClFN2O3/c18-11-5-6-12(19)13(9-11)20-16(22)7-8-21-14-3-1-2-4-15(14)24-10-17(21)23/h1-6,9H,7-8,10H2,(H,20,22). The number of amides is 2. The summed E-state index contributed by atoms with van der Waals surface area (Å²) in [5.41, 5.74) is 0.636. The predicted molar refractivity (Wildman–Crippen MR) is 88.9 cm³/mol. The Balaban J connectivity index is 1.66. The van der Waals surface area contributed by atoms with Gasteiger partial charge in [0.1, 0.15) is 11.6 Å². The second kappa shape index (κ2) is 6.88. The van der Waals surface area contributed by atoms with Crippen LogP contribution in [0.4, 0.5) is 15.8 Å². The minimum absolute atomic E-state index is 0.0150. The van der Waals surface area contributed by atoms with Crippen molar-refractivity contribution in [2.24, 2.45) is 0 Å². The Bertz CT molecular complexity index is 797. The van der Waals surface area contributed by atoms with Gasteiger partial charge in [0.15, 0.2) is 6.61 Å². The quantitative estimate of drug-likeness (QED) is 0.922. The van der Waals surface area contributed by atoms with Gasteiger partial charge in [-0.2, -0.15) is 0 Å². The summed E-state index contributed by atoms with van der Waals surface area (Å²) in [5.74, 6) is -0.609. The fraction of sp³-hybridized carbons (Fsp3) is 0.176. The van der Waals surface area contributed by atoms with E-state index in [2.05, 4.69) is 5.32 Å². The van der Waals surface area contributed by atoms with E-state index >= 15 is 0 Å². The number of nitrogens with zero attached hydrogens (tertiary/aromatic N) is 1. The number of halogens is 2. The number of para-hydroxylation sites is 2. The van der Waals surface area contributed by atoms with Gasteiger partial charge in [0, 0.05) is 18.0 Å². The molecule has 0 saturated heterocycles. The second-order valence-corrected chi connectivity index (χ2v) is 5.66. The van der Waals surface area contributed by atoms with Gasteiger partial charge in [-0.15, -0.1) is 0 Å². The van der Waals surface area contributed by atoms with Crippen molar-refractivity contribution in [3.63, 3.8) is 0 Å². The van der Waals surface area contributed by atoms with E-state index in [9.17, 15) is 14.0 Å². The van der Waals surface area contributed by atoms with Gasteiger partial charge in [-0.25, -0.2) is 4.39 Å². The largest absolute Gasteiger partial charge is 0.482 e. The third-order valence-electron chi connectivity index (χ3n) is 3.57. The number of ether oxygens (including phenoxy) is 1. The van der Waals surface area contributed by atoms with Gasteiger partial charge in [0.2, 0.25) is 5.91 Å². The van der Waals surface area contributed by atoms with E-state index in [1.807, 2.05) is 0 Å². The molecule has 124 valence electrons. The highest BCUT2D eigenvalue weighted by Crippen LogP contribution is 2.31. The molecule has 1 aliphatic rings. The Hall–Kier alpha value is -2.60. The molecule has 0 bridgehead atoms. The Kier molecular flexibility index (Phi) is 4.66. The van der Waals surface area contributed by atoms with E-state index in [4.69, 9.17) is 16.3 Å². The molecule has 24 heavy (non-hydrogen) atoms. The Morgan fingerprint density at radius 1 is 1.29 bits per heavy atom. The second-order valence-electron chi connectivity index (χ2n) is 5.22. The van der Waals surface area contributed by atoms with Crippen molar-refractivity contribution in [3.8, 4) is 5.75 Å². The zero-order valence-corrected chi connectivity index (χ0v) is 13.3. The van der Waals surface area contributed by atoms with Crippen LogP contribution in [0.3, 0.4) is 0 Å². The molecule has 1 N–H and O–H groups in total. The number of rotatable bonds is 4. The number of carbonyl (C=O) groups excluding carboxylic acids is 2. The summed E-state index contributed by atoms with van der Waals surface area (Å²) in [5, 5.41) is 2.78. The van der Waals surface area contributed by atoms with E-state index in [-0.39, 0.29) is 31.2 Å². The van der Waals surface area contributed by atoms with Gasteiger partial charge in [-0.05, 0) is 30.3 Å². The van der Waals surface area contributed by atoms with Crippen molar-refractivity contribution in [3.05, 3.63) is 53.3 Å². The van der Waals surface area contributed by atoms with Crippen LogP contribution < -0.4 is 15.0 Å². The molecule has 2 aromatic carbocycles. The van der Waals surface area contributed by atoms with Crippen LogP contribution in [-0.2, 0) is 9.59 Å². The highest BCUT2D eigenvalue weighted by atomic mass is 35.5. The summed E-state index contributed by atoms with van der Waals surface area (Å²) < 4.78 is 19.0. The smallest absolute Gasteiger partial charge is 0.265 e. The molecule has 7 heteroatoms. The molecule has 0 unspecified atom stereocenters. The third-order valence-corrected chi connectivity index (χ3v) is 3.81. The first kappa shape index (κ1) is 16.3. The molecule has 0 atom stereocenters. The van der Waals surface area contributed by atoms with Crippen LogP contribution in [0.2, 0.25) is 5.02 Å². The van der Waals surface area contributed by atoms with Gasteiger partial charge >= 0.3 is 0 Å². The number of carbonyl (C=O) groups is 2. The zero-order valence-electron chi connectivity index (χ0n) is 12.6. The SMILES string of the molecule is O=C(CCN1C(=O)COc2ccccc21)Nc1cc(Cl)ccc1F. The van der Waals surface area contributed by atoms with Gasteiger partial charge in [0.25, 0.3) is 5.91 Å². The number of benzene rings is 2. The maximum Gasteiger partial charge on any atom is 0.265 e. The lowest BCUT2D eigenvalue weighted by Crippen LogP contribution is -2.40. The first-order valence-corrected chi connectivity index (χ1v) is 7.69. The van der Waals surface area contributed by atoms with Crippen molar-refractivity contribution in [2.75, 3.05) is 23.4 Å². The maximum absolute atomic E-state index is 13.6. The lowest BCUT2D eigenvalue weighted by molar-refractivity contribution is -0.121. The van der Waals surface area contributed by atoms with Gasteiger partial charge in [-0.3, -0.25) is 9.59 Å². The number of fused-ring (bicyclic) bond motifs is 1. The molecule has 2 aromatic rings. The average Bonchev–Trinajstić information content (AvgIpc) is 2.57. The third kappa shape index (κ3) is 3.49. The van der Waals surface area contributed by atoms with E-state index in [0.717, 1.165) is 0 Å². The molecule has 0 aliphatic carbocycles. The fourth-order valence-corrected chi connectivity index (χ4v) is 2.59. The van der Waals surface area contributed by atoms with Crippen molar-refractivity contribution >= 4 is 34.8 Å². The number of hydrogen-bond acceptors (Lipinski definition) is 3. The van der Waals surface area contributed by atoms with E-state index in [1.165, 1.54) is 23.1 Å². The van der Waals surface area contributed by atoms with Gasteiger partial charge in [-0.1, -0.05) is 23.7 Å². The molecule has 0 spiro atoms. The van der Waals surface area contributed by atoms with Crippen LogP contribution in [0, 0.1) is 5.82 Å². The molecule has 0 aromatic heterocycles. The zero-order chi connectivity index (χ0) is 17.1. The van der Waals surface area contributed by atoms with Crippen LogP contribution in [0.15, 0.2) is 42.5 Å². The molecule has 0 radical (unpaired) electrons. The Labute approximate surface area is 143 Å². The molecule has 2 amide bonds. The number of nitrogens with one attached hydrogen (secondary N) is 1. The molecule has 1 heterocycles. The summed E-state index contributed by atoms with van der Waals surface area (Å²) in [7, 11) is 0. The van der Waals surface area contributed by atoms with Crippen LogP contribution in [0.25, 0.3) is 0 Å². The number of hydrogen-bond donors (Lipinski definition) is 1. The molecule has 3 rings (SSSR count). The van der Waals surface area contributed by atoms with Gasteiger partial charge in [0.05, 0.1) is 11.4 Å². The first-order chi connectivity index (χ1) is 11.5. The summed E-state index contributed by atoms with van der Waals surface area (Å²) >= 11 is 5.79. The Morgan fingerprint density at radius 3 is 2.92 bits per heavy atom. The topological polar surface area (TPSA) is 58.6 Å². The van der Waals surface area contributed by atoms with Crippen molar-refractivity contribution in [1.29, 1.82) is 0 Å². The molecule has 0 fully saturated rings. The molecular formula is C17H14ClFN2O3. The molecular weight excluding hydrogens is 335 g/mol. The van der Waals surface area contributed by atoms with Crippen molar-refractivity contribution in [1.82, 2.24) is 0 Å². The van der Waals surface area contributed by atoms with Crippen molar-refractivity contribution in [2.45, 2.75) is 6.42 Å². The summed E-state index contributed by atoms with van der Waals surface area (Å²) in [6.45, 7) is 0.106. The van der Waals surface area contributed by atoms with Crippen molar-refractivity contribution < 1.29 is 18.7 Å². The minimum atomic E-state index is -0.569. The Morgan fingerprint density at radius 2 is 2.08 bits per heavy atom. The lowest BCUT2D eigenvalue weighted by Gasteiger charge is -2.29. The first-order valence-electron chi connectivity index (χ1n) is 7.31. The van der Waals surface area contributed by atoms with Crippen LogP contribution in [-0.4, -0.2) is 25.0 Å². The van der Waals surface area contributed by atoms with E-state index < -0.39 is 11.7 Å². The van der Waals surface area contributed by atoms with E-state index in [1.54, 1.807) is 24.3 Å². The highest BCUT2D eigenvalue weighted by molar-refractivity contribution is 6.30. The lowest BCUT2D eigenvalue weighted by atomic mass is 10.2. The summed E-state index contributed by atoms with van der Waals surface area (Å²) in [6, 6.07) is 11.0. The predicted octanol–water partition coefficient (Wildman–Crippen LogP) is 3.23. The molecule has 0 saturated carbocycles. The number of anilines is 2.